The molecule has 1 heterocycles. The van der Waals surface area contributed by atoms with Gasteiger partial charge in [-0.3, -0.25) is 0 Å². The van der Waals surface area contributed by atoms with Crippen molar-refractivity contribution in [1.29, 1.82) is 0 Å². The number of aromatic nitrogens is 3. The summed E-state index contributed by atoms with van der Waals surface area (Å²) in [6.45, 7) is 0. The molecule has 0 aliphatic heterocycles. The van der Waals surface area contributed by atoms with Crippen molar-refractivity contribution in [3.05, 3.63) is 34.9 Å². The monoisotopic (exact) mass is 305 g/mol. The zero-order valence-corrected chi connectivity index (χ0v) is 11.2. The molecule has 0 amide bonds. The molecule has 18 heavy (non-hydrogen) atoms. The van der Waals surface area contributed by atoms with Crippen molar-refractivity contribution in [3.8, 4) is 0 Å². The molecule has 5 nitrogen and oxygen atoms in total. The van der Waals surface area contributed by atoms with Gasteiger partial charge in [-0.05, 0) is 40.9 Å². The Morgan fingerprint density at radius 2 is 2.06 bits per heavy atom. The van der Waals surface area contributed by atoms with E-state index in [1.54, 1.807) is 6.20 Å². The fraction of sp³-hybridized carbons (Fsp3) is 0.250. The summed E-state index contributed by atoms with van der Waals surface area (Å²) in [6, 6.07) is 8.38. The van der Waals surface area contributed by atoms with E-state index in [0.29, 0.717) is 12.0 Å². The molecule has 1 fully saturated rings. The Morgan fingerprint density at radius 3 is 2.83 bits per heavy atom. The number of benzene rings is 1. The quantitative estimate of drug-likeness (QED) is 0.909. The smallest absolute Gasteiger partial charge is 0.249 e. The molecule has 2 aromatic rings. The van der Waals surface area contributed by atoms with Crippen molar-refractivity contribution in [2.24, 2.45) is 0 Å². The molecule has 92 valence electrons. The van der Waals surface area contributed by atoms with E-state index in [1.807, 2.05) is 24.3 Å². The Labute approximate surface area is 113 Å². The molecule has 1 aromatic carbocycles. The van der Waals surface area contributed by atoms with Crippen molar-refractivity contribution in [2.75, 3.05) is 10.6 Å². The van der Waals surface area contributed by atoms with Crippen molar-refractivity contribution in [1.82, 2.24) is 15.2 Å². The minimum absolute atomic E-state index is 0.493. The third-order valence-electron chi connectivity index (χ3n) is 2.61. The van der Waals surface area contributed by atoms with Gasteiger partial charge in [0.15, 0.2) is 5.82 Å². The summed E-state index contributed by atoms with van der Waals surface area (Å²) in [5, 5.41) is 14.3. The molecule has 0 spiro atoms. The number of nitrogens with one attached hydrogen (secondary N) is 2. The summed E-state index contributed by atoms with van der Waals surface area (Å²) in [7, 11) is 0. The van der Waals surface area contributed by atoms with Crippen LogP contribution in [-0.4, -0.2) is 21.2 Å². The van der Waals surface area contributed by atoms with Crippen LogP contribution in [0.3, 0.4) is 0 Å². The maximum absolute atomic E-state index is 4.37. The minimum Gasteiger partial charge on any atom is -0.366 e. The molecule has 1 saturated carbocycles. The summed E-state index contributed by atoms with van der Waals surface area (Å²) in [5.74, 6) is 1.26. The number of anilines is 3. The number of rotatable bonds is 4. The van der Waals surface area contributed by atoms with E-state index in [2.05, 4.69) is 41.7 Å². The number of halogens is 1. The molecule has 0 saturated heterocycles. The van der Waals surface area contributed by atoms with Gasteiger partial charge in [0.2, 0.25) is 5.95 Å². The first-order valence-corrected chi connectivity index (χ1v) is 6.58. The van der Waals surface area contributed by atoms with Crippen molar-refractivity contribution >= 4 is 33.4 Å². The highest BCUT2D eigenvalue weighted by atomic mass is 79.9. The van der Waals surface area contributed by atoms with Crippen LogP contribution >= 0.6 is 15.9 Å². The van der Waals surface area contributed by atoms with E-state index in [4.69, 9.17) is 0 Å². The van der Waals surface area contributed by atoms with Crippen molar-refractivity contribution < 1.29 is 0 Å². The Bertz CT molecular complexity index is 556. The van der Waals surface area contributed by atoms with Gasteiger partial charge in [0.1, 0.15) is 0 Å². The van der Waals surface area contributed by atoms with Gasteiger partial charge >= 0.3 is 0 Å². The van der Waals surface area contributed by atoms with Crippen LogP contribution in [0.2, 0.25) is 0 Å². The molecule has 1 aliphatic carbocycles. The maximum Gasteiger partial charge on any atom is 0.249 e. The fourth-order valence-corrected chi connectivity index (χ4v) is 1.93. The SMILES string of the molecule is Brc1ccccc1Nc1nncc(NC2CC2)n1. The normalized spacial score (nSPS) is 14.3. The zero-order chi connectivity index (χ0) is 12.4. The topological polar surface area (TPSA) is 62.7 Å². The van der Waals surface area contributed by atoms with E-state index in [9.17, 15) is 0 Å². The second-order valence-electron chi connectivity index (χ2n) is 4.19. The van der Waals surface area contributed by atoms with Gasteiger partial charge in [-0.15, -0.1) is 5.10 Å². The second-order valence-corrected chi connectivity index (χ2v) is 5.04. The van der Waals surface area contributed by atoms with Crippen LogP contribution in [-0.2, 0) is 0 Å². The van der Waals surface area contributed by atoms with E-state index in [-0.39, 0.29) is 0 Å². The number of hydrogen-bond acceptors (Lipinski definition) is 5. The van der Waals surface area contributed by atoms with Crippen LogP contribution in [0.5, 0.6) is 0 Å². The fourth-order valence-electron chi connectivity index (χ4n) is 1.55. The number of hydrogen-bond donors (Lipinski definition) is 2. The summed E-state index contributed by atoms with van der Waals surface area (Å²) < 4.78 is 0.967. The number of para-hydroxylation sites is 1. The van der Waals surface area contributed by atoms with Crippen LogP contribution in [0, 0.1) is 0 Å². The molecule has 0 unspecified atom stereocenters. The van der Waals surface area contributed by atoms with Crippen LogP contribution in [0.15, 0.2) is 34.9 Å². The van der Waals surface area contributed by atoms with Gasteiger partial charge in [-0.2, -0.15) is 10.1 Å². The Kier molecular flexibility index (Phi) is 3.10. The molecule has 0 atom stereocenters. The first kappa shape index (κ1) is 11.4. The summed E-state index contributed by atoms with van der Waals surface area (Å²) >= 11 is 3.47. The lowest BCUT2D eigenvalue weighted by Crippen LogP contribution is -2.06. The van der Waals surface area contributed by atoms with Gasteiger partial charge in [0, 0.05) is 10.5 Å². The molecule has 3 rings (SSSR count). The molecule has 1 aromatic heterocycles. The Balaban J connectivity index is 1.77. The Hall–Kier alpha value is -1.69. The van der Waals surface area contributed by atoms with Gasteiger partial charge < -0.3 is 10.6 Å². The largest absolute Gasteiger partial charge is 0.366 e. The molecule has 0 radical (unpaired) electrons. The highest BCUT2D eigenvalue weighted by Gasteiger charge is 2.21. The third kappa shape index (κ3) is 2.76. The molecule has 2 N–H and O–H groups in total. The van der Waals surface area contributed by atoms with E-state index < -0.39 is 0 Å². The average Bonchev–Trinajstić information content (AvgIpc) is 3.17. The summed E-state index contributed by atoms with van der Waals surface area (Å²) in [6.07, 6.45) is 4.05. The van der Waals surface area contributed by atoms with Crippen LogP contribution in [0.1, 0.15) is 12.8 Å². The summed E-state index contributed by atoms with van der Waals surface area (Å²) in [5.41, 5.74) is 0.919. The molecule has 6 heteroatoms. The van der Waals surface area contributed by atoms with Crippen molar-refractivity contribution in [2.45, 2.75) is 18.9 Å². The molecule has 1 aliphatic rings. The first-order valence-electron chi connectivity index (χ1n) is 5.79. The first-order chi connectivity index (χ1) is 8.81. The predicted octanol–water partition coefficient (Wildman–Crippen LogP) is 2.95. The second kappa shape index (κ2) is 4.89. The van der Waals surface area contributed by atoms with Gasteiger partial charge in [0.05, 0.1) is 11.9 Å². The average molecular weight is 306 g/mol. The molecular weight excluding hydrogens is 294 g/mol. The summed E-state index contributed by atoms with van der Waals surface area (Å²) in [4.78, 5) is 4.37. The van der Waals surface area contributed by atoms with Crippen LogP contribution in [0.4, 0.5) is 17.5 Å². The van der Waals surface area contributed by atoms with Gasteiger partial charge in [0.25, 0.3) is 0 Å². The highest BCUT2D eigenvalue weighted by molar-refractivity contribution is 9.10. The Morgan fingerprint density at radius 1 is 1.22 bits per heavy atom. The predicted molar refractivity (Wildman–Crippen MR) is 73.9 cm³/mol. The van der Waals surface area contributed by atoms with E-state index >= 15 is 0 Å². The lowest BCUT2D eigenvalue weighted by molar-refractivity contribution is 0.965. The molecular formula is C12H12BrN5. The van der Waals surface area contributed by atoms with Gasteiger partial charge in [-0.25, -0.2) is 0 Å². The minimum atomic E-state index is 0.493. The van der Waals surface area contributed by atoms with Gasteiger partial charge in [-0.1, -0.05) is 12.1 Å². The van der Waals surface area contributed by atoms with Crippen LogP contribution < -0.4 is 10.6 Å². The van der Waals surface area contributed by atoms with Crippen molar-refractivity contribution in [3.63, 3.8) is 0 Å². The maximum atomic E-state index is 4.37. The third-order valence-corrected chi connectivity index (χ3v) is 3.30. The van der Waals surface area contributed by atoms with E-state index in [0.717, 1.165) is 16.0 Å². The number of nitrogens with zero attached hydrogens (tertiary/aromatic N) is 3. The molecule has 0 bridgehead atoms. The van der Waals surface area contributed by atoms with Crippen LogP contribution in [0.25, 0.3) is 0 Å². The van der Waals surface area contributed by atoms with E-state index in [1.165, 1.54) is 12.8 Å². The lowest BCUT2D eigenvalue weighted by atomic mass is 10.3. The zero-order valence-electron chi connectivity index (χ0n) is 9.60. The highest BCUT2D eigenvalue weighted by Crippen LogP contribution is 2.25. The lowest BCUT2D eigenvalue weighted by Gasteiger charge is -2.07. The standard InChI is InChI=1S/C12H12BrN5/c13-9-3-1-2-4-10(9)16-12-17-11(7-14-18-12)15-8-5-6-8/h1-4,7-8H,5-6H2,(H2,15,16,17,18).